The van der Waals surface area contributed by atoms with E-state index in [-0.39, 0.29) is 0 Å². The normalized spacial score (nSPS) is 6.00. The maximum Gasteiger partial charge on any atom is 0.327 e. The molecule has 78 valence electrons. The van der Waals surface area contributed by atoms with Crippen molar-refractivity contribution < 1.29 is 24.6 Å². The molecule has 0 saturated heterocycles. The summed E-state index contributed by atoms with van der Waals surface area (Å²) >= 11 is 0. The topological polar surface area (TPSA) is 91.7 Å². The summed E-state index contributed by atoms with van der Waals surface area (Å²) in [5.74, 6) is -1.96. The summed E-state index contributed by atoms with van der Waals surface area (Å²) in [7, 11) is 0. The minimum absolute atomic E-state index is 0.639. The van der Waals surface area contributed by atoms with Gasteiger partial charge in [-0.2, -0.15) is 0 Å². The average molecular weight is 200 g/mol. The van der Waals surface area contributed by atoms with E-state index in [1.54, 1.807) is 0 Å². The summed E-state index contributed by atoms with van der Waals surface area (Å²) in [6, 6.07) is 0. The van der Waals surface area contributed by atoms with Gasteiger partial charge in [-0.3, -0.25) is 4.79 Å². The van der Waals surface area contributed by atoms with E-state index in [0.717, 1.165) is 12.2 Å². The molecule has 5 nitrogen and oxygen atoms in total. The van der Waals surface area contributed by atoms with Crippen LogP contribution in [0.3, 0.4) is 0 Å². The quantitative estimate of drug-likeness (QED) is 0.521. The van der Waals surface area contributed by atoms with E-state index >= 15 is 0 Å². The standard InChI is InChI=1S/2C3H4O2.C3H4O/c2*1-2-3(4)5;1-2-3-4/h2*2H,1H2,(H,4,5);2-3H,1H2. The number of carbonyl (C=O) groups is 3. The molecule has 0 spiro atoms. The maximum atomic E-state index is 9.25. The average Bonchev–Trinajstić information content (AvgIpc) is 2.19. The second kappa shape index (κ2) is 17.1. The third kappa shape index (κ3) is 95.7. The smallest absolute Gasteiger partial charge is 0.327 e. The minimum Gasteiger partial charge on any atom is -0.478 e. The number of aldehydes is 1. The van der Waals surface area contributed by atoms with Crippen molar-refractivity contribution in [3.05, 3.63) is 38.0 Å². The number of carboxylic acid groups (broad SMARTS) is 2. The predicted molar refractivity (Wildman–Crippen MR) is 51.9 cm³/mol. The second-order valence-electron chi connectivity index (χ2n) is 1.46. The third-order valence-electron chi connectivity index (χ3n) is 0.445. The molecule has 0 aromatic rings. The van der Waals surface area contributed by atoms with Crippen LogP contribution in [0.1, 0.15) is 0 Å². The molecule has 0 unspecified atom stereocenters. The molecule has 0 radical (unpaired) electrons. The van der Waals surface area contributed by atoms with Crippen LogP contribution >= 0.6 is 0 Å². The van der Waals surface area contributed by atoms with Gasteiger partial charge in [-0.05, 0) is 6.08 Å². The third-order valence-corrected chi connectivity index (χ3v) is 0.445. The van der Waals surface area contributed by atoms with Gasteiger partial charge in [0.1, 0.15) is 6.29 Å². The predicted octanol–water partition coefficient (Wildman–Crippen LogP) is 0.885. The fourth-order valence-electron chi connectivity index (χ4n) is 0. The molecule has 0 aromatic carbocycles. The van der Waals surface area contributed by atoms with Gasteiger partial charge in [0.05, 0.1) is 0 Å². The number of aliphatic carboxylic acids is 2. The summed E-state index contributed by atoms with van der Waals surface area (Å²) in [6.07, 6.45) is 3.50. The van der Waals surface area contributed by atoms with Gasteiger partial charge in [0, 0.05) is 12.2 Å². The van der Waals surface area contributed by atoms with Crippen molar-refractivity contribution in [1.82, 2.24) is 0 Å². The zero-order valence-electron chi connectivity index (χ0n) is 7.55. The zero-order chi connectivity index (χ0) is 12.0. The van der Waals surface area contributed by atoms with Crippen LogP contribution in [0.5, 0.6) is 0 Å². The van der Waals surface area contributed by atoms with E-state index in [9.17, 15) is 9.59 Å². The number of hydrogen-bond donors (Lipinski definition) is 2. The molecule has 0 saturated carbocycles. The molecule has 0 aromatic heterocycles. The highest BCUT2D eigenvalue weighted by molar-refractivity contribution is 5.79. The Bertz CT molecular complexity index is 193. The molecule has 0 aliphatic heterocycles. The Morgan fingerprint density at radius 3 is 1.07 bits per heavy atom. The lowest BCUT2D eigenvalue weighted by molar-refractivity contribution is -0.132. The number of rotatable bonds is 3. The van der Waals surface area contributed by atoms with Crippen LogP contribution < -0.4 is 0 Å². The van der Waals surface area contributed by atoms with Gasteiger partial charge >= 0.3 is 11.9 Å². The summed E-state index contributed by atoms with van der Waals surface area (Å²) in [5.41, 5.74) is 0. The van der Waals surface area contributed by atoms with Gasteiger partial charge in [-0.1, -0.05) is 19.7 Å². The van der Waals surface area contributed by atoms with Gasteiger partial charge in [0.2, 0.25) is 0 Å². The largest absolute Gasteiger partial charge is 0.478 e. The van der Waals surface area contributed by atoms with E-state index in [2.05, 4.69) is 19.7 Å². The molecular formula is C9H12O5. The molecule has 5 heteroatoms. The maximum absolute atomic E-state index is 9.25. The Kier molecular flexibility index (Phi) is 21.7. The number of carboxylic acids is 2. The van der Waals surface area contributed by atoms with Crippen molar-refractivity contribution in [2.24, 2.45) is 0 Å². The first-order valence-electron chi connectivity index (χ1n) is 3.23. The first kappa shape index (κ1) is 17.8. The Balaban J connectivity index is -0.000000131. The Hall–Kier alpha value is -2.17. The number of carbonyl (C=O) groups excluding carboxylic acids is 1. The molecule has 0 aliphatic rings. The lowest BCUT2D eigenvalue weighted by Crippen LogP contribution is -1.82. The van der Waals surface area contributed by atoms with E-state index < -0.39 is 11.9 Å². The number of hydrogen-bond acceptors (Lipinski definition) is 3. The van der Waals surface area contributed by atoms with Gasteiger partial charge in [0.25, 0.3) is 0 Å². The Morgan fingerprint density at radius 2 is 1.07 bits per heavy atom. The monoisotopic (exact) mass is 200 g/mol. The molecule has 0 fully saturated rings. The van der Waals surface area contributed by atoms with Gasteiger partial charge in [-0.25, -0.2) is 9.59 Å². The van der Waals surface area contributed by atoms with Gasteiger partial charge in [-0.15, -0.1) is 0 Å². The van der Waals surface area contributed by atoms with Crippen LogP contribution in [-0.2, 0) is 14.4 Å². The summed E-state index contributed by atoms with van der Waals surface area (Å²) in [5, 5.41) is 15.2. The van der Waals surface area contributed by atoms with Crippen LogP contribution in [0.2, 0.25) is 0 Å². The lowest BCUT2D eigenvalue weighted by Gasteiger charge is -1.64. The van der Waals surface area contributed by atoms with Crippen molar-refractivity contribution >= 4 is 18.2 Å². The van der Waals surface area contributed by atoms with Crippen LogP contribution in [-0.4, -0.2) is 28.4 Å². The molecule has 0 bridgehead atoms. The molecule has 0 amide bonds. The highest BCUT2D eigenvalue weighted by atomic mass is 16.4. The fourth-order valence-corrected chi connectivity index (χ4v) is 0. The molecule has 14 heavy (non-hydrogen) atoms. The van der Waals surface area contributed by atoms with E-state index in [1.165, 1.54) is 6.08 Å². The molecule has 0 rings (SSSR count). The van der Waals surface area contributed by atoms with Crippen LogP contribution in [0.15, 0.2) is 38.0 Å². The minimum atomic E-state index is -0.981. The van der Waals surface area contributed by atoms with Gasteiger partial charge in [0.15, 0.2) is 0 Å². The molecule has 0 atom stereocenters. The molecular weight excluding hydrogens is 188 g/mol. The van der Waals surface area contributed by atoms with E-state index in [4.69, 9.17) is 15.0 Å². The number of allylic oxidation sites excluding steroid dienone is 1. The SMILES string of the molecule is C=CC(=O)O.C=CC(=O)O.C=CC=O. The fraction of sp³-hybridized carbons (Fsp3) is 0. The highest BCUT2D eigenvalue weighted by Gasteiger charge is 1.73. The molecule has 0 heterocycles. The zero-order valence-corrected chi connectivity index (χ0v) is 7.55. The van der Waals surface area contributed by atoms with Crippen molar-refractivity contribution in [3.63, 3.8) is 0 Å². The van der Waals surface area contributed by atoms with E-state index in [1.807, 2.05) is 0 Å². The lowest BCUT2D eigenvalue weighted by atomic mass is 10.7. The van der Waals surface area contributed by atoms with E-state index in [0.29, 0.717) is 6.29 Å². The summed E-state index contributed by atoms with van der Waals surface area (Å²) < 4.78 is 0. The molecule has 2 N–H and O–H groups in total. The van der Waals surface area contributed by atoms with Crippen molar-refractivity contribution in [2.45, 2.75) is 0 Å². The first-order valence-corrected chi connectivity index (χ1v) is 3.23. The molecule has 0 aliphatic carbocycles. The summed E-state index contributed by atoms with van der Waals surface area (Å²) in [6.45, 7) is 9.03. The van der Waals surface area contributed by atoms with Gasteiger partial charge < -0.3 is 10.2 Å². The Morgan fingerprint density at radius 1 is 0.929 bits per heavy atom. The van der Waals surface area contributed by atoms with Crippen LogP contribution in [0.25, 0.3) is 0 Å². The highest BCUT2D eigenvalue weighted by Crippen LogP contribution is 1.55. The Labute approximate surface area is 81.7 Å². The van der Waals surface area contributed by atoms with Crippen LogP contribution in [0.4, 0.5) is 0 Å². The van der Waals surface area contributed by atoms with Crippen LogP contribution in [0, 0.1) is 0 Å². The van der Waals surface area contributed by atoms with Crippen molar-refractivity contribution in [3.8, 4) is 0 Å². The first-order chi connectivity index (χ1) is 6.45. The van der Waals surface area contributed by atoms with Crippen molar-refractivity contribution in [2.75, 3.05) is 0 Å². The van der Waals surface area contributed by atoms with Crippen molar-refractivity contribution in [1.29, 1.82) is 0 Å². The summed E-state index contributed by atoms with van der Waals surface area (Å²) in [4.78, 5) is 27.6. The second-order valence-corrected chi connectivity index (χ2v) is 1.46.